The van der Waals surface area contributed by atoms with Crippen molar-refractivity contribution in [1.82, 2.24) is 35.2 Å². The SMILES string of the molecule is CN=C(NCc1ccccc1-n1ccc(C)n1)NCc1nnc(C)n1C. The zero-order chi connectivity index (χ0) is 18.5. The average Bonchev–Trinajstić information content (AvgIpc) is 3.22. The molecule has 8 nitrogen and oxygen atoms in total. The van der Waals surface area contributed by atoms with Gasteiger partial charge in [-0.05, 0) is 31.5 Å². The second-order valence-electron chi connectivity index (χ2n) is 6.03. The molecule has 0 spiro atoms. The molecule has 3 aromatic rings. The third kappa shape index (κ3) is 3.90. The van der Waals surface area contributed by atoms with Crippen LogP contribution in [0.2, 0.25) is 0 Å². The summed E-state index contributed by atoms with van der Waals surface area (Å²) in [5.74, 6) is 2.45. The van der Waals surface area contributed by atoms with E-state index in [1.54, 1.807) is 7.05 Å². The van der Waals surface area contributed by atoms with Crippen LogP contribution in [0.25, 0.3) is 5.69 Å². The summed E-state index contributed by atoms with van der Waals surface area (Å²) in [5, 5.41) is 19.3. The van der Waals surface area contributed by atoms with Gasteiger partial charge in [0.05, 0.1) is 17.9 Å². The Hall–Kier alpha value is -3.16. The molecule has 0 amide bonds. The van der Waals surface area contributed by atoms with Gasteiger partial charge in [-0.15, -0.1) is 10.2 Å². The van der Waals surface area contributed by atoms with Crippen molar-refractivity contribution in [2.24, 2.45) is 12.0 Å². The molecule has 0 aliphatic rings. The van der Waals surface area contributed by atoms with Gasteiger partial charge in [-0.2, -0.15) is 5.10 Å². The van der Waals surface area contributed by atoms with E-state index in [4.69, 9.17) is 0 Å². The zero-order valence-electron chi connectivity index (χ0n) is 15.6. The minimum atomic E-state index is 0.553. The van der Waals surface area contributed by atoms with Gasteiger partial charge in [0.25, 0.3) is 0 Å². The largest absolute Gasteiger partial charge is 0.352 e. The number of hydrogen-bond donors (Lipinski definition) is 2. The highest BCUT2D eigenvalue weighted by atomic mass is 15.3. The second-order valence-corrected chi connectivity index (χ2v) is 6.03. The molecule has 26 heavy (non-hydrogen) atoms. The van der Waals surface area contributed by atoms with Crippen molar-refractivity contribution in [3.63, 3.8) is 0 Å². The van der Waals surface area contributed by atoms with Crippen molar-refractivity contribution < 1.29 is 0 Å². The number of hydrogen-bond acceptors (Lipinski definition) is 4. The van der Waals surface area contributed by atoms with Crippen LogP contribution in [0, 0.1) is 13.8 Å². The minimum absolute atomic E-state index is 0.553. The summed E-state index contributed by atoms with van der Waals surface area (Å²) in [5.41, 5.74) is 3.17. The molecular formula is C18H24N8. The molecule has 0 saturated heterocycles. The Morgan fingerprint density at radius 3 is 2.50 bits per heavy atom. The van der Waals surface area contributed by atoms with E-state index in [1.807, 2.05) is 54.5 Å². The minimum Gasteiger partial charge on any atom is -0.352 e. The second kappa shape index (κ2) is 7.81. The summed E-state index contributed by atoms with van der Waals surface area (Å²) in [6.45, 7) is 5.10. The lowest BCUT2D eigenvalue weighted by Crippen LogP contribution is -2.37. The predicted octanol–water partition coefficient (Wildman–Crippen LogP) is 1.48. The first-order valence-electron chi connectivity index (χ1n) is 8.48. The van der Waals surface area contributed by atoms with Gasteiger partial charge in [-0.25, -0.2) is 4.68 Å². The highest BCUT2D eigenvalue weighted by Crippen LogP contribution is 2.14. The number of aryl methyl sites for hydroxylation is 2. The van der Waals surface area contributed by atoms with E-state index in [2.05, 4.69) is 43.1 Å². The third-order valence-corrected chi connectivity index (χ3v) is 4.23. The highest BCUT2D eigenvalue weighted by molar-refractivity contribution is 5.79. The average molecular weight is 352 g/mol. The Labute approximate surface area is 153 Å². The fourth-order valence-corrected chi connectivity index (χ4v) is 2.60. The van der Waals surface area contributed by atoms with Crippen LogP contribution >= 0.6 is 0 Å². The normalized spacial score (nSPS) is 11.6. The zero-order valence-corrected chi connectivity index (χ0v) is 15.6. The van der Waals surface area contributed by atoms with Crippen LogP contribution in [-0.4, -0.2) is 37.6 Å². The van der Waals surface area contributed by atoms with Gasteiger partial charge in [-0.1, -0.05) is 18.2 Å². The van der Waals surface area contributed by atoms with Gasteiger partial charge in [0, 0.05) is 26.8 Å². The Balaban J connectivity index is 1.65. The molecule has 0 bridgehead atoms. The van der Waals surface area contributed by atoms with Crippen LogP contribution in [-0.2, 0) is 20.1 Å². The quantitative estimate of drug-likeness (QED) is 0.537. The molecule has 0 aliphatic carbocycles. The molecule has 0 unspecified atom stereocenters. The molecule has 0 atom stereocenters. The van der Waals surface area contributed by atoms with Crippen LogP contribution < -0.4 is 10.6 Å². The lowest BCUT2D eigenvalue weighted by atomic mass is 10.2. The van der Waals surface area contributed by atoms with Crippen molar-refractivity contribution in [2.75, 3.05) is 7.05 Å². The lowest BCUT2D eigenvalue weighted by Gasteiger charge is -2.14. The summed E-state index contributed by atoms with van der Waals surface area (Å²) in [6, 6.07) is 10.2. The fraction of sp³-hybridized carbons (Fsp3) is 0.333. The smallest absolute Gasteiger partial charge is 0.191 e. The molecule has 0 aliphatic heterocycles. The van der Waals surface area contributed by atoms with Crippen LogP contribution in [0.3, 0.4) is 0 Å². The number of guanidine groups is 1. The Bertz CT molecular complexity index is 906. The number of nitrogens with zero attached hydrogens (tertiary/aromatic N) is 6. The summed E-state index contributed by atoms with van der Waals surface area (Å²) >= 11 is 0. The molecular weight excluding hydrogens is 328 g/mol. The van der Waals surface area contributed by atoms with Crippen molar-refractivity contribution in [2.45, 2.75) is 26.9 Å². The van der Waals surface area contributed by atoms with Crippen molar-refractivity contribution >= 4 is 5.96 Å². The van der Waals surface area contributed by atoms with E-state index < -0.39 is 0 Å². The van der Waals surface area contributed by atoms with Crippen molar-refractivity contribution in [1.29, 1.82) is 0 Å². The molecule has 0 fully saturated rings. The maximum atomic E-state index is 4.50. The third-order valence-electron chi connectivity index (χ3n) is 4.23. The van der Waals surface area contributed by atoms with Gasteiger partial charge in [0.1, 0.15) is 5.82 Å². The first-order valence-corrected chi connectivity index (χ1v) is 8.48. The predicted molar refractivity (Wildman–Crippen MR) is 101 cm³/mol. The number of aliphatic imine (C=N–C) groups is 1. The summed E-state index contributed by atoms with van der Waals surface area (Å²) in [6.07, 6.45) is 1.97. The van der Waals surface area contributed by atoms with Crippen LogP contribution in [0.5, 0.6) is 0 Å². The molecule has 2 aromatic heterocycles. The maximum Gasteiger partial charge on any atom is 0.191 e. The van der Waals surface area contributed by atoms with E-state index in [9.17, 15) is 0 Å². The van der Waals surface area contributed by atoms with E-state index in [0.717, 1.165) is 28.6 Å². The maximum absolute atomic E-state index is 4.50. The number of para-hydroxylation sites is 1. The van der Waals surface area contributed by atoms with E-state index in [-0.39, 0.29) is 0 Å². The number of nitrogens with one attached hydrogen (secondary N) is 2. The van der Waals surface area contributed by atoms with Gasteiger partial charge in [0.15, 0.2) is 11.8 Å². The molecule has 3 rings (SSSR count). The Morgan fingerprint density at radius 1 is 1.08 bits per heavy atom. The molecule has 8 heteroatoms. The Kier molecular flexibility index (Phi) is 5.31. The summed E-state index contributed by atoms with van der Waals surface area (Å²) < 4.78 is 3.85. The first-order chi connectivity index (χ1) is 12.6. The van der Waals surface area contributed by atoms with Crippen LogP contribution in [0.15, 0.2) is 41.5 Å². The molecule has 0 saturated carbocycles. The lowest BCUT2D eigenvalue weighted by molar-refractivity contribution is 0.716. The number of rotatable bonds is 5. The van der Waals surface area contributed by atoms with Crippen LogP contribution in [0.1, 0.15) is 22.9 Å². The fourth-order valence-electron chi connectivity index (χ4n) is 2.60. The van der Waals surface area contributed by atoms with E-state index in [1.165, 1.54) is 0 Å². The molecule has 0 radical (unpaired) electrons. The molecule has 1 aromatic carbocycles. The highest BCUT2D eigenvalue weighted by Gasteiger charge is 2.08. The van der Waals surface area contributed by atoms with Gasteiger partial charge >= 0.3 is 0 Å². The van der Waals surface area contributed by atoms with Crippen LogP contribution in [0.4, 0.5) is 0 Å². The number of aromatic nitrogens is 5. The Morgan fingerprint density at radius 2 is 1.85 bits per heavy atom. The van der Waals surface area contributed by atoms with Crippen molar-refractivity contribution in [3.05, 3.63) is 59.4 Å². The first kappa shape index (κ1) is 17.7. The van der Waals surface area contributed by atoms with Gasteiger partial charge < -0.3 is 15.2 Å². The molecule has 2 heterocycles. The van der Waals surface area contributed by atoms with E-state index >= 15 is 0 Å². The standard InChI is InChI=1S/C18H24N8/c1-13-9-10-26(24-13)16-8-6-5-7-15(16)11-20-18(19-3)21-12-17-23-22-14(2)25(17)4/h5-10H,11-12H2,1-4H3,(H2,19,20,21). The van der Waals surface area contributed by atoms with Gasteiger partial charge in [0.2, 0.25) is 0 Å². The topological polar surface area (TPSA) is 84.9 Å². The van der Waals surface area contributed by atoms with Crippen molar-refractivity contribution in [3.8, 4) is 5.69 Å². The summed E-state index contributed by atoms with van der Waals surface area (Å²) in [7, 11) is 3.70. The monoisotopic (exact) mass is 352 g/mol. The molecule has 136 valence electrons. The van der Waals surface area contributed by atoms with E-state index in [0.29, 0.717) is 19.0 Å². The molecule has 2 N–H and O–H groups in total. The van der Waals surface area contributed by atoms with Gasteiger partial charge in [-0.3, -0.25) is 4.99 Å². The summed E-state index contributed by atoms with van der Waals surface area (Å²) in [4.78, 5) is 4.28. The number of benzene rings is 1.